The molecule has 0 saturated carbocycles. The molecule has 8 heteroatoms. The van der Waals surface area contributed by atoms with Crippen LogP contribution < -0.4 is 5.32 Å². The van der Waals surface area contributed by atoms with Crippen molar-refractivity contribution in [2.45, 2.75) is 45.1 Å². The molecular weight excluding hydrogens is 369 g/mol. The van der Waals surface area contributed by atoms with Crippen molar-refractivity contribution >= 4 is 16.1 Å². The number of rotatable bonds is 5. The zero-order chi connectivity index (χ0) is 19.3. The number of halogens is 1. The molecule has 150 valence electrons. The van der Waals surface area contributed by atoms with Crippen LogP contribution in [0.15, 0.2) is 24.3 Å². The molecule has 0 aromatic heterocycles. The quantitative estimate of drug-likeness (QED) is 0.829. The fourth-order valence-electron chi connectivity index (χ4n) is 3.77. The van der Waals surface area contributed by atoms with E-state index in [4.69, 9.17) is 0 Å². The first kappa shape index (κ1) is 20.2. The summed E-state index contributed by atoms with van der Waals surface area (Å²) in [6.45, 7) is 1.88. The van der Waals surface area contributed by atoms with Gasteiger partial charge in [-0.2, -0.15) is 17.0 Å². The third kappa shape index (κ3) is 5.06. The number of hydrogen-bond donors (Lipinski definition) is 1. The Morgan fingerprint density at radius 1 is 1.04 bits per heavy atom. The summed E-state index contributed by atoms with van der Waals surface area (Å²) in [6.07, 6.45) is 5.21. The average molecular weight is 398 g/mol. The lowest BCUT2D eigenvalue weighted by molar-refractivity contribution is -0.126. The van der Waals surface area contributed by atoms with E-state index in [1.54, 1.807) is 22.5 Å². The second-order valence-corrected chi connectivity index (χ2v) is 9.26. The van der Waals surface area contributed by atoms with Gasteiger partial charge in [-0.15, -0.1) is 0 Å². The Morgan fingerprint density at radius 3 is 2.41 bits per heavy atom. The number of nitrogens with one attached hydrogen (secondary N) is 1. The van der Waals surface area contributed by atoms with E-state index in [9.17, 15) is 17.6 Å². The molecule has 0 unspecified atom stereocenters. The number of amides is 1. The highest BCUT2D eigenvalue weighted by molar-refractivity contribution is 7.86. The maximum atomic E-state index is 13.7. The average Bonchev–Trinajstić information content (AvgIpc) is 2.97. The number of carbonyl (C=O) groups excluding carboxylic acids is 1. The van der Waals surface area contributed by atoms with Gasteiger partial charge in [-0.05, 0) is 31.7 Å². The van der Waals surface area contributed by atoms with E-state index in [1.165, 1.54) is 10.4 Å². The molecule has 1 aromatic rings. The Kier molecular flexibility index (Phi) is 6.83. The number of benzene rings is 1. The van der Waals surface area contributed by atoms with Crippen molar-refractivity contribution in [1.29, 1.82) is 0 Å². The molecule has 2 aliphatic heterocycles. The highest BCUT2D eigenvalue weighted by Crippen LogP contribution is 2.23. The second kappa shape index (κ2) is 9.12. The van der Waals surface area contributed by atoms with Gasteiger partial charge in [0.25, 0.3) is 10.2 Å². The highest BCUT2D eigenvalue weighted by Gasteiger charge is 2.35. The molecule has 0 aliphatic carbocycles. The van der Waals surface area contributed by atoms with E-state index in [2.05, 4.69) is 5.32 Å². The Bertz CT molecular complexity index is 748. The summed E-state index contributed by atoms with van der Waals surface area (Å²) in [5, 5.41) is 2.76. The van der Waals surface area contributed by atoms with Crippen LogP contribution in [-0.4, -0.2) is 49.1 Å². The van der Waals surface area contributed by atoms with Crippen LogP contribution in [0.1, 0.15) is 44.1 Å². The third-order valence-electron chi connectivity index (χ3n) is 5.38. The van der Waals surface area contributed by atoms with Gasteiger partial charge in [0, 0.05) is 38.3 Å². The van der Waals surface area contributed by atoms with Crippen molar-refractivity contribution in [2.24, 2.45) is 5.92 Å². The minimum atomic E-state index is -3.52. The first-order valence-electron chi connectivity index (χ1n) is 9.75. The van der Waals surface area contributed by atoms with Gasteiger partial charge < -0.3 is 5.32 Å². The molecule has 1 N–H and O–H groups in total. The molecule has 2 fully saturated rings. The molecular formula is C19H28FN3O3S. The molecule has 1 atom stereocenters. The normalized spacial score (nSPS) is 22.9. The van der Waals surface area contributed by atoms with Crippen LogP contribution in [0, 0.1) is 11.7 Å². The Hall–Kier alpha value is -1.51. The van der Waals surface area contributed by atoms with E-state index in [-0.39, 0.29) is 24.8 Å². The summed E-state index contributed by atoms with van der Waals surface area (Å²) in [7, 11) is -3.52. The van der Waals surface area contributed by atoms with Gasteiger partial charge in [0.1, 0.15) is 5.82 Å². The van der Waals surface area contributed by atoms with Crippen LogP contribution in [0.4, 0.5) is 4.39 Å². The molecule has 1 aromatic carbocycles. The minimum Gasteiger partial charge on any atom is -0.352 e. The smallest absolute Gasteiger partial charge is 0.281 e. The minimum absolute atomic E-state index is 0.112. The van der Waals surface area contributed by atoms with Crippen LogP contribution in [0.3, 0.4) is 0 Å². The largest absolute Gasteiger partial charge is 0.352 e. The molecule has 27 heavy (non-hydrogen) atoms. The zero-order valence-electron chi connectivity index (χ0n) is 15.6. The summed E-state index contributed by atoms with van der Waals surface area (Å²) < 4.78 is 42.6. The zero-order valence-corrected chi connectivity index (χ0v) is 16.4. The molecule has 0 bridgehead atoms. The Labute approximate surface area is 160 Å². The summed E-state index contributed by atoms with van der Waals surface area (Å²) in [6, 6.07) is 6.32. The van der Waals surface area contributed by atoms with E-state index in [0.29, 0.717) is 38.0 Å². The predicted octanol–water partition coefficient (Wildman–Crippen LogP) is 2.27. The standard InChI is InChI=1S/C19H28FN3O3S/c20-18-10-4-3-8-16(18)14-21-19(24)17-9-7-13-23(15-17)27(25,26)22-11-5-1-2-6-12-22/h3-4,8,10,17H,1-2,5-7,9,11-15H2,(H,21,24)/t17-/m1/s1. The van der Waals surface area contributed by atoms with Crippen molar-refractivity contribution in [3.8, 4) is 0 Å². The SMILES string of the molecule is O=C(NCc1ccccc1F)[C@@H]1CCCN(S(=O)(=O)N2CCCCCC2)C1. The maximum absolute atomic E-state index is 13.7. The van der Waals surface area contributed by atoms with Crippen molar-refractivity contribution in [2.75, 3.05) is 26.2 Å². The van der Waals surface area contributed by atoms with Crippen LogP contribution in [-0.2, 0) is 21.5 Å². The fourth-order valence-corrected chi connectivity index (χ4v) is 5.54. The topological polar surface area (TPSA) is 69.7 Å². The molecule has 0 radical (unpaired) electrons. The first-order valence-corrected chi connectivity index (χ1v) is 11.1. The van der Waals surface area contributed by atoms with E-state index in [1.807, 2.05) is 0 Å². The monoisotopic (exact) mass is 397 g/mol. The Balaban J connectivity index is 1.59. The van der Waals surface area contributed by atoms with Crippen molar-refractivity contribution in [3.63, 3.8) is 0 Å². The molecule has 2 saturated heterocycles. The van der Waals surface area contributed by atoms with Gasteiger partial charge in [-0.3, -0.25) is 4.79 Å². The fraction of sp³-hybridized carbons (Fsp3) is 0.632. The Morgan fingerprint density at radius 2 is 1.70 bits per heavy atom. The van der Waals surface area contributed by atoms with Gasteiger partial charge in [-0.1, -0.05) is 31.0 Å². The van der Waals surface area contributed by atoms with E-state index in [0.717, 1.165) is 25.7 Å². The third-order valence-corrected chi connectivity index (χ3v) is 7.39. The van der Waals surface area contributed by atoms with Crippen molar-refractivity contribution in [1.82, 2.24) is 13.9 Å². The van der Waals surface area contributed by atoms with Crippen molar-refractivity contribution in [3.05, 3.63) is 35.6 Å². The molecule has 0 spiro atoms. The number of nitrogens with zero attached hydrogens (tertiary/aromatic N) is 2. The molecule has 1 amide bonds. The second-order valence-electron chi connectivity index (χ2n) is 7.33. The van der Waals surface area contributed by atoms with Crippen LogP contribution in [0.25, 0.3) is 0 Å². The summed E-state index contributed by atoms with van der Waals surface area (Å²) in [5.41, 5.74) is 0.427. The van der Waals surface area contributed by atoms with Gasteiger partial charge in [0.05, 0.1) is 5.92 Å². The molecule has 2 heterocycles. The van der Waals surface area contributed by atoms with Gasteiger partial charge in [0.2, 0.25) is 5.91 Å². The van der Waals surface area contributed by atoms with Crippen LogP contribution in [0.2, 0.25) is 0 Å². The lowest BCUT2D eigenvalue weighted by atomic mass is 9.99. The van der Waals surface area contributed by atoms with Gasteiger partial charge >= 0.3 is 0 Å². The number of piperidine rings is 1. The van der Waals surface area contributed by atoms with Crippen molar-refractivity contribution < 1.29 is 17.6 Å². The van der Waals surface area contributed by atoms with Crippen LogP contribution in [0.5, 0.6) is 0 Å². The van der Waals surface area contributed by atoms with E-state index < -0.39 is 16.1 Å². The molecule has 3 rings (SSSR count). The lowest BCUT2D eigenvalue weighted by Crippen LogP contribution is -2.50. The summed E-state index contributed by atoms with van der Waals surface area (Å²) >= 11 is 0. The van der Waals surface area contributed by atoms with Gasteiger partial charge in [0.15, 0.2) is 0 Å². The predicted molar refractivity (Wildman–Crippen MR) is 102 cm³/mol. The van der Waals surface area contributed by atoms with E-state index >= 15 is 0 Å². The first-order chi connectivity index (χ1) is 13.0. The number of carbonyl (C=O) groups is 1. The highest BCUT2D eigenvalue weighted by atomic mass is 32.2. The van der Waals surface area contributed by atoms with Gasteiger partial charge in [-0.25, -0.2) is 4.39 Å². The van der Waals surface area contributed by atoms with Crippen LogP contribution >= 0.6 is 0 Å². The molecule has 6 nitrogen and oxygen atoms in total. The number of hydrogen-bond acceptors (Lipinski definition) is 3. The molecule has 2 aliphatic rings. The maximum Gasteiger partial charge on any atom is 0.281 e. The summed E-state index contributed by atoms with van der Waals surface area (Å²) in [5.74, 6) is -0.965. The summed E-state index contributed by atoms with van der Waals surface area (Å²) in [4.78, 5) is 12.5. The lowest BCUT2D eigenvalue weighted by Gasteiger charge is -2.34.